The fourth-order valence-electron chi connectivity index (χ4n) is 2.31. The van der Waals surface area contributed by atoms with E-state index >= 15 is 0 Å². The van der Waals surface area contributed by atoms with Crippen LogP contribution in [-0.2, 0) is 4.74 Å². The summed E-state index contributed by atoms with van der Waals surface area (Å²) >= 11 is 9.74. The maximum Gasteiger partial charge on any atom is 0.0880 e. The molecule has 18 heavy (non-hydrogen) atoms. The van der Waals surface area contributed by atoms with E-state index in [-0.39, 0.29) is 6.10 Å². The van der Waals surface area contributed by atoms with E-state index in [0.717, 1.165) is 34.6 Å². The SMILES string of the molecule is CC(C)NCC1CCOC1c1ccc(Br)cc1Cl. The van der Waals surface area contributed by atoms with Gasteiger partial charge in [0.05, 0.1) is 6.10 Å². The van der Waals surface area contributed by atoms with Gasteiger partial charge < -0.3 is 10.1 Å². The van der Waals surface area contributed by atoms with Gasteiger partial charge in [-0.2, -0.15) is 0 Å². The third-order valence-corrected chi connectivity index (χ3v) is 4.09. The Bertz CT molecular complexity index is 411. The summed E-state index contributed by atoms with van der Waals surface area (Å²) < 4.78 is 6.87. The van der Waals surface area contributed by atoms with Gasteiger partial charge in [0.25, 0.3) is 0 Å². The average molecular weight is 333 g/mol. The Morgan fingerprint density at radius 1 is 1.50 bits per heavy atom. The van der Waals surface area contributed by atoms with Gasteiger partial charge >= 0.3 is 0 Å². The zero-order valence-corrected chi connectivity index (χ0v) is 13.1. The molecule has 1 aromatic carbocycles. The number of ether oxygens (including phenoxy) is 1. The number of benzene rings is 1. The van der Waals surface area contributed by atoms with E-state index in [4.69, 9.17) is 16.3 Å². The Hall–Kier alpha value is -0.0900. The highest BCUT2D eigenvalue weighted by Crippen LogP contribution is 2.38. The van der Waals surface area contributed by atoms with Gasteiger partial charge in [0.1, 0.15) is 0 Å². The van der Waals surface area contributed by atoms with Gasteiger partial charge in [-0.25, -0.2) is 0 Å². The second-order valence-electron chi connectivity index (χ2n) is 5.07. The first-order chi connectivity index (χ1) is 8.58. The van der Waals surface area contributed by atoms with Crippen molar-refractivity contribution in [2.24, 2.45) is 5.92 Å². The fraction of sp³-hybridized carbons (Fsp3) is 0.571. The number of hydrogen-bond acceptors (Lipinski definition) is 2. The summed E-state index contributed by atoms with van der Waals surface area (Å²) in [5, 5.41) is 4.27. The minimum absolute atomic E-state index is 0.122. The largest absolute Gasteiger partial charge is 0.373 e. The molecule has 0 aromatic heterocycles. The van der Waals surface area contributed by atoms with Gasteiger partial charge in [-0.3, -0.25) is 0 Å². The molecule has 1 heterocycles. The fourth-order valence-corrected chi connectivity index (χ4v) is 3.09. The van der Waals surface area contributed by atoms with Crippen molar-refractivity contribution in [2.75, 3.05) is 13.2 Å². The van der Waals surface area contributed by atoms with Crippen LogP contribution in [0.1, 0.15) is 31.9 Å². The molecule has 2 atom stereocenters. The number of halogens is 2. The molecule has 2 rings (SSSR count). The molecule has 1 fully saturated rings. The van der Waals surface area contributed by atoms with Crippen molar-refractivity contribution in [3.8, 4) is 0 Å². The maximum absolute atomic E-state index is 6.31. The number of rotatable bonds is 4. The van der Waals surface area contributed by atoms with Crippen molar-refractivity contribution >= 4 is 27.5 Å². The van der Waals surface area contributed by atoms with E-state index in [9.17, 15) is 0 Å². The summed E-state index contributed by atoms with van der Waals surface area (Å²) in [7, 11) is 0. The second kappa shape index (κ2) is 6.38. The van der Waals surface area contributed by atoms with Gasteiger partial charge in [-0.1, -0.05) is 47.4 Å². The zero-order chi connectivity index (χ0) is 13.1. The summed E-state index contributed by atoms with van der Waals surface area (Å²) in [6.07, 6.45) is 1.22. The molecule has 100 valence electrons. The molecule has 0 spiro atoms. The molecule has 0 bridgehead atoms. The second-order valence-corrected chi connectivity index (χ2v) is 6.39. The zero-order valence-electron chi connectivity index (χ0n) is 10.7. The van der Waals surface area contributed by atoms with Crippen molar-refractivity contribution < 1.29 is 4.74 Å². The van der Waals surface area contributed by atoms with Gasteiger partial charge in [0.2, 0.25) is 0 Å². The lowest BCUT2D eigenvalue weighted by atomic mass is 9.95. The Kier molecular flexibility index (Phi) is 5.07. The Morgan fingerprint density at radius 3 is 2.94 bits per heavy atom. The Morgan fingerprint density at radius 2 is 2.28 bits per heavy atom. The molecule has 2 nitrogen and oxygen atoms in total. The highest BCUT2D eigenvalue weighted by atomic mass is 79.9. The van der Waals surface area contributed by atoms with Crippen molar-refractivity contribution in [1.82, 2.24) is 5.32 Å². The van der Waals surface area contributed by atoms with E-state index in [2.05, 4.69) is 41.2 Å². The minimum atomic E-state index is 0.122. The highest BCUT2D eigenvalue weighted by molar-refractivity contribution is 9.10. The molecular formula is C14H19BrClNO. The third kappa shape index (κ3) is 3.47. The standard InChI is InChI=1S/C14H19BrClNO/c1-9(2)17-8-10-5-6-18-14(10)12-4-3-11(15)7-13(12)16/h3-4,7,9-10,14,17H,5-6,8H2,1-2H3. The lowest BCUT2D eigenvalue weighted by Gasteiger charge is -2.21. The minimum Gasteiger partial charge on any atom is -0.373 e. The van der Waals surface area contributed by atoms with E-state index in [0.29, 0.717) is 12.0 Å². The quantitative estimate of drug-likeness (QED) is 0.893. The monoisotopic (exact) mass is 331 g/mol. The van der Waals surface area contributed by atoms with Gasteiger partial charge in [-0.15, -0.1) is 0 Å². The summed E-state index contributed by atoms with van der Waals surface area (Å²) in [6, 6.07) is 6.53. The first-order valence-corrected chi connectivity index (χ1v) is 7.55. The molecule has 1 aliphatic heterocycles. The predicted molar refractivity (Wildman–Crippen MR) is 79.1 cm³/mol. The van der Waals surface area contributed by atoms with Crippen LogP contribution < -0.4 is 5.32 Å². The normalized spacial score (nSPS) is 23.8. The van der Waals surface area contributed by atoms with E-state index in [1.807, 2.05) is 12.1 Å². The van der Waals surface area contributed by atoms with Gasteiger partial charge in [0, 0.05) is 34.6 Å². The van der Waals surface area contributed by atoms with Crippen LogP contribution in [0.5, 0.6) is 0 Å². The smallest absolute Gasteiger partial charge is 0.0880 e. The lowest BCUT2D eigenvalue weighted by molar-refractivity contribution is 0.0901. The van der Waals surface area contributed by atoms with Crippen molar-refractivity contribution in [3.63, 3.8) is 0 Å². The third-order valence-electron chi connectivity index (χ3n) is 3.27. The van der Waals surface area contributed by atoms with Crippen LogP contribution in [0.4, 0.5) is 0 Å². The van der Waals surface area contributed by atoms with Crippen LogP contribution in [0.3, 0.4) is 0 Å². The molecular weight excluding hydrogens is 314 g/mol. The molecule has 1 saturated heterocycles. The van der Waals surface area contributed by atoms with Crippen LogP contribution in [0.25, 0.3) is 0 Å². The summed E-state index contributed by atoms with van der Waals surface area (Å²) in [5.74, 6) is 0.506. The van der Waals surface area contributed by atoms with Crippen LogP contribution in [0.15, 0.2) is 22.7 Å². The lowest BCUT2D eigenvalue weighted by Crippen LogP contribution is -2.30. The Labute approximate surface area is 122 Å². The highest BCUT2D eigenvalue weighted by Gasteiger charge is 2.30. The molecule has 0 amide bonds. The van der Waals surface area contributed by atoms with Crippen LogP contribution in [0, 0.1) is 5.92 Å². The van der Waals surface area contributed by atoms with Gasteiger partial charge in [-0.05, 0) is 24.1 Å². The number of hydrogen-bond donors (Lipinski definition) is 1. The van der Waals surface area contributed by atoms with E-state index in [1.165, 1.54) is 0 Å². The van der Waals surface area contributed by atoms with Crippen LogP contribution in [-0.4, -0.2) is 19.2 Å². The average Bonchev–Trinajstić information content (AvgIpc) is 2.74. The van der Waals surface area contributed by atoms with Crippen molar-refractivity contribution in [2.45, 2.75) is 32.4 Å². The molecule has 1 N–H and O–H groups in total. The molecule has 0 aliphatic carbocycles. The molecule has 0 radical (unpaired) electrons. The molecule has 2 unspecified atom stereocenters. The molecule has 1 aliphatic rings. The van der Waals surface area contributed by atoms with Crippen molar-refractivity contribution in [3.05, 3.63) is 33.3 Å². The van der Waals surface area contributed by atoms with Crippen LogP contribution >= 0.6 is 27.5 Å². The molecule has 1 aromatic rings. The Balaban J connectivity index is 2.10. The molecule has 4 heteroatoms. The first-order valence-electron chi connectivity index (χ1n) is 6.38. The first kappa shape index (κ1) is 14.3. The van der Waals surface area contributed by atoms with E-state index in [1.54, 1.807) is 0 Å². The number of nitrogens with one attached hydrogen (secondary N) is 1. The summed E-state index contributed by atoms with van der Waals surface area (Å²) in [5.41, 5.74) is 1.10. The van der Waals surface area contributed by atoms with Gasteiger partial charge in [0.15, 0.2) is 0 Å². The maximum atomic E-state index is 6.31. The topological polar surface area (TPSA) is 21.3 Å². The summed E-state index contributed by atoms with van der Waals surface area (Å²) in [6.45, 7) is 6.13. The summed E-state index contributed by atoms with van der Waals surface area (Å²) in [4.78, 5) is 0. The van der Waals surface area contributed by atoms with E-state index < -0.39 is 0 Å². The molecule has 0 saturated carbocycles. The van der Waals surface area contributed by atoms with Crippen molar-refractivity contribution in [1.29, 1.82) is 0 Å². The van der Waals surface area contributed by atoms with Crippen LogP contribution in [0.2, 0.25) is 5.02 Å². The predicted octanol–water partition coefficient (Wildman–Crippen LogP) is 4.18.